The van der Waals surface area contributed by atoms with Crippen molar-refractivity contribution in [3.63, 3.8) is 0 Å². The van der Waals surface area contributed by atoms with Crippen molar-refractivity contribution in [2.45, 2.75) is 38.8 Å². The van der Waals surface area contributed by atoms with Gasteiger partial charge in [-0.3, -0.25) is 10.1 Å². The second-order valence-corrected chi connectivity index (χ2v) is 3.87. The summed E-state index contributed by atoms with van der Waals surface area (Å²) in [6, 6.07) is -0.475. The number of aryl methyl sites for hydroxylation is 1. The van der Waals surface area contributed by atoms with Crippen LogP contribution in [0.3, 0.4) is 0 Å². The van der Waals surface area contributed by atoms with E-state index in [2.05, 4.69) is 17.2 Å². The van der Waals surface area contributed by atoms with E-state index in [4.69, 9.17) is 5.11 Å². The van der Waals surface area contributed by atoms with Crippen molar-refractivity contribution in [2.75, 3.05) is 0 Å². The Bertz CT molecular complexity index is 336. The van der Waals surface area contributed by atoms with Crippen LogP contribution >= 0.6 is 0 Å². The molecular formula is C11H19N3O2. The summed E-state index contributed by atoms with van der Waals surface area (Å²) < 4.78 is 1.88. The van der Waals surface area contributed by atoms with Crippen LogP contribution in [0.1, 0.15) is 32.0 Å². The summed E-state index contributed by atoms with van der Waals surface area (Å²) in [5, 5.41) is 12.0. The standard InChI is InChI=1S/C11H19N3O2/c1-3-4-5-9(11(15)16)13-8-10-12-6-7-14(10)2/h6-7,9,13H,3-5,8H2,1-2H3,(H,15,16). The fraction of sp³-hybridized carbons (Fsp3) is 0.636. The molecule has 5 nitrogen and oxygen atoms in total. The molecule has 1 atom stereocenters. The molecule has 0 aromatic carbocycles. The number of carbonyl (C=O) groups is 1. The van der Waals surface area contributed by atoms with Crippen LogP contribution in [0.5, 0.6) is 0 Å². The highest BCUT2D eigenvalue weighted by Crippen LogP contribution is 2.02. The third-order valence-electron chi connectivity index (χ3n) is 2.57. The highest BCUT2D eigenvalue weighted by atomic mass is 16.4. The number of imidazole rings is 1. The number of unbranched alkanes of at least 4 members (excludes halogenated alkanes) is 1. The van der Waals surface area contributed by atoms with Gasteiger partial charge < -0.3 is 9.67 Å². The number of nitrogens with one attached hydrogen (secondary N) is 1. The van der Waals surface area contributed by atoms with Crippen LogP contribution in [-0.4, -0.2) is 26.7 Å². The SMILES string of the molecule is CCCCC(NCc1nccn1C)C(=O)O. The lowest BCUT2D eigenvalue weighted by atomic mass is 10.1. The van der Waals surface area contributed by atoms with Gasteiger partial charge in [0.15, 0.2) is 0 Å². The molecule has 0 bridgehead atoms. The predicted molar refractivity (Wildman–Crippen MR) is 61.0 cm³/mol. The molecule has 0 saturated carbocycles. The van der Waals surface area contributed by atoms with Crippen LogP contribution in [0.25, 0.3) is 0 Å². The number of hydrogen-bond acceptors (Lipinski definition) is 3. The van der Waals surface area contributed by atoms with Crippen LogP contribution in [0.15, 0.2) is 12.4 Å². The van der Waals surface area contributed by atoms with Gasteiger partial charge in [0.1, 0.15) is 11.9 Å². The van der Waals surface area contributed by atoms with Crippen molar-refractivity contribution in [2.24, 2.45) is 7.05 Å². The van der Waals surface area contributed by atoms with E-state index < -0.39 is 12.0 Å². The second kappa shape index (κ2) is 6.27. The van der Waals surface area contributed by atoms with Crippen molar-refractivity contribution in [1.82, 2.24) is 14.9 Å². The van der Waals surface area contributed by atoms with E-state index in [1.54, 1.807) is 6.20 Å². The Labute approximate surface area is 95.5 Å². The Morgan fingerprint density at radius 3 is 2.94 bits per heavy atom. The van der Waals surface area contributed by atoms with Gasteiger partial charge in [0.05, 0.1) is 6.54 Å². The van der Waals surface area contributed by atoms with E-state index in [1.807, 2.05) is 17.8 Å². The highest BCUT2D eigenvalue weighted by molar-refractivity contribution is 5.73. The normalized spacial score (nSPS) is 12.6. The Morgan fingerprint density at radius 1 is 1.69 bits per heavy atom. The highest BCUT2D eigenvalue weighted by Gasteiger charge is 2.16. The molecule has 0 amide bonds. The van der Waals surface area contributed by atoms with Gasteiger partial charge in [0.25, 0.3) is 0 Å². The van der Waals surface area contributed by atoms with Crippen molar-refractivity contribution in [3.8, 4) is 0 Å². The van der Waals surface area contributed by atoms with E-state index >= 15 is 0 Å². The maximum Gasteiger partial charge on any atom is 0.320 e. The molecule has 0 aliphatic rings. The summed E-state index contributed by atoms with van der Waals surface area (Å²) in [4.78, 5) is 15.1. The number of aromatic nitrogens is 2. The lowest BCUT2D eigenvalue weighted by Gasteiger charge is -2.13. The molecule has 1 aromatic rings. The Balaban J connectivity index is 2.44. The van der Waals surface area contributed by atoms with Crippen LogP contribution < -0.4 is 5.32 Å². The Hall–Kier alpha value is -1.36. The van der Waals surface area contributed by atoms with Crippen LogP contribution in [0, 0.1) is 0 Å². The molecule has 1 aromatic heterocycles. The lowest BCUT2D eigenvalue weighted by Crippen LogP contribution is -2.36. The third-order valence-corrected chi connectivity index (χ3v) is 2.57. The number of aliphatic carboxylic acids is 1. The minimum atomic E-state index is -0.789. The zero-order valence-electron chi connectivity index (χ0n) is 9.81. The summed E-state index contributed by atoms with van der Waals surface area (Å²) in [6.45, 7) is 2.54. The van der Waals surface area contributed by atoms with E-state index in [9.17, 15) is 4.79 Å². The quantitative estimate of drug-likeness (QED) is 0.730. The molecule has 2 N–H and O–H groups in total. The first-order valence-corrected chi connectivity index (χ1v) is 5.57. The van der Waals surface area contributed by atoms with Crippen molar-refractivity contribution >= 4 is 5.97 Å². The minimum Gasteiger partial charge on any atom is -0.480 e. The summed E-state index contributed by atoms with van der Waals surface area (Å²) >= 11 is 0. The van der Waals surface area contributed by atoms with Crippen LogP contribution in [0.4, 0.5) is 0 Å². The van der Waals surface area contributed by atoms with Crippen LogP contribution in [-0.2, 0) is 18.4 Å². The third kappa shape index (κ3) is 3.66. The van der Waals surface area contributed by atoms with E-state index in [-0.39, 0.29) is 0 Å². The average Bonchev–Trinajstić information content (AvgIpc) is 2.64. The largest absolute Gasteiger partial charge is 0.480 e. The summed E-state index contributed by atoms with van der Waals surface area (Å²) in [6.07, 6.45) is 6.15. The molecule has 5 heteroatoms. The first kappa shape index (κ1) is 12.7. The molecule has 0 spiro atoms. The van der Waals surface area contributed by atoms with Gasteiger partial charge in [0.2, 0.25) is 0 Å². The average molecular weight is 225 g/mol. The zero-order valence-corrected chi connectivity index (χ0v) is 9.81. The molecule has 16 heavy (non-hydrogen) atoms. The predicted octanol–water partition coefficient (Wildman–Crippen LogP) is 1.15. The molecule has 0 fully saturated rings. The minimum absolute atomic E-state index is 0.475. The summed E-state index contributed by atoms with van der Waals surface area (Å²) in [5.41, 5.74) is 0. The van der Waals surface area contributed by atoms with E-state index in [0.29, 0.717) is 13.0 Å². The van der Waals surface area contributed by atoms with Gasteiger partial charge in [0, 0.05) is 19.4 Å². The van der Waals surface area contributed by atoms with Crippen molar-refractivity contribution in [1.29, 1.82) is 0 Å². The first-order valence-electron chi connectivity index (χ1n) is 5.57. The van der Waals surface area contributed by atoms with Crippen molar-refractivity contribution < 1.29 is 9.90 Å². The Morgan fingerprint density at radius 2 is 2.44 bits per heavy atom. The molecule has 90 valence electrons. The fourth-order valence-corrected chi connectivity index (χ4v) is 1.50. The van der Waals surface area contributed by atoms with Crippen molar-refractivity contribution in [3.05, 3.63) is 18.2 Å². The smallest absolute Gasteiger partial charge is 0.320 e. The number of hydrogen-bond donors (Lipinski definition) is 2. The van der Waals surface area contributed by atoms with E-state index in [0.717, 1.165) is 18.7 Å². The molecular weight excluding hydrogens is 206 g/mol. The Kier molecular flexibility index (Phi) is 4.98. The van der Waals surface area contributed by atoms with Crippen LogP contribution in [0.2, 0.25) is 0 Å². The van der Waals surface area contributed by atoms with Gasteiger partial charge in [-0.15, -0.1) is 0 Å². The van der Waals surface area contributed by atoms with Gasteiger partial charge in [-0.05, 0) is 6.42 Å². The maximum atomic E-state index is 11.0. The number of nitrogens with zero attached hydrogens (tertiary/aromatic N) is 2. The zero-order chi connectivity index (χ0) is 12.0. The molecule has 1 unspecified atom stereocenters. The summed E-state index contributed by atoms with van der Waals surface area (Å²) in [7, 11) is 1.89. The molecule has 0 aliphatic heterocycles. The molecule has 0 radical (unpaired) electrons. The maximum absolute atomic E-state index is 11.0. The van der Waals surface area contributed by atoms with Gasteiger partial charge in [-0.25, -0.2) is 4.98 Å². The topological polar surface area (TPSA) is 67.2 Å². The lowest BCUT2D eigenvalue weighted by molar-refractivity contribution is -0.139. The summed E-state index contributed by atoms with van der Waals surface area (Å²) in [5.74, 6) is 0.0606. The molecule has 1 heterocycles. The van der Waals surface area contributed by atoms with E-state index in [1.165, 1.54) is 0 Å². The molecule has 1 rings (SSSR count). The monoisotopic (exact) mass is 225 g/mol. The van der Waals surface area contributed by atoms with Gasteiger partial charge in [-0.2, -0.15) is 0 Å². The second-order valence-electron chi connectivity index (χ2n) is 3.87. The number of rotatable bonds is 7. The number of carboxylic acids is 1. The van der Waals surface area contributed by atoms with Gasteiger partial charge in [-0.1, -0.05) is 19.8 Å². The number of carboxylic acid groups (broad SMARTS) is 1. The van der Waals surface area contributed by atoms with Gasteiger partial charge >= 0.3 is 5.97 Å². The molecule has 0 saturated heterocycles. The molecule has 0 aliphatic carbocycles. The fourth-order valence-electron chi connectivity index (χ4n) is 1.50. The first-order chi connectivity index (χ1) is 7.65.